The summed E-state index contributed by atoms with van der Waals surface area (Å²) in [5.74, 6) is 0.606. The molecule has 4 aromatic rings. The second-order valence-corrected chi connectivity index (χ2v) is 8.12. The number of nitrogens with one attached hydrogen (secondary N) is 1. The summed E-state index contributed by atoms with van der Waals surface area (Å²) in [6.07, 6.45) is 1.59. The van der Waals surface area contributed by atoms with Crippen molar-refractivity contribution in [2.75, 3.05) is 0 Å². The van der Waals surface area contributed by atoms with Gasteiger partial charge in [0.05, 0.1) is 28.9 Å². The van der Waals surface area contributed by atoms with Crippen LogP contribution in [0.5, 0.6) is 0 Å². The zero-order chi connectivity index (χ0) is 21.4. The molecule has 0 aliphatic heterocycles. The maximum atomic E-state index is 13.5. The molecule has 0 saturated carbocycles. The van der Waals surface area contributed by atoms with Crippen LogP contribution in [0.3, 0.4) is 0 Å². The highest BCUT2D eigenvalue weighted by atomic mass is 35.5. The SMILES string of the molecule is Cc1nn(C)c2nc(-c3ccco3)cc(C(=O)NC(c3ccc(Cl)cc3)C(C)C)c12. The van der Waals surface area contributed by atoms with Gasteiger partial charge in [0.15, 0.2) is 11.4 Å². The molecule has 4 rings (SSSR count). The first kappa shape index (κ1) is 20.2. The van der Waals surface area contributed by atoms with E-state index in [9.17, 15) is 4.79 Å². The molecule has 0 saturated heterocycles. The predicted octanol–water partition coefficient (Wildman–Crippen LogP) is 5.32. The van der Waals surface area contributed by atoms with E-state index in [1.54, 1.807) is 23.1 Å². The van der Waals surface area contributed by atoms with Gasteiger partial charge in [0.25, 0.3) is 5.91 Å². The molecule has 0 aliphatic rings. The van der Waals surface area contributed by atoms with Crippen molar-refractivity contribution in [2.45, 2.75) is 26.8 Å². The summed E-state index contributed by atoms with van der Waals surface area (Å²) in [5, 5.41) is 9.06. The standard InChI is InChI=1S/C23H23ClN4O2/c1-13(2)21(15-7-9-16(24)10-8-15)26-23(29)17-12-18(19-6-5-11-30-19)25-22-20(17)14(3)27-28(22)4/h5-13,21H,1-4H3,(H,26,29). The largest absolute Gasteiger partial charge is 0.463 e. The molecule has 154 valence electrons. The number of hydrogen-bond acceptors (Lipinski definition) is 4. The van der Waals surface area contributed by atoms with Crippen LogP contribution in [-0.2, 0) is 7.05 Å². The summed E-state index contributed by atoms with van der Waals surface area (Å²) in [6, 6.07) is 12.8. The molecule has 0 radical (unpaired) electrons. The van der Waals surface area contributed by atoms with Gasteiger partial charge >= 0.3 is 0 Å². The number of pyridine rings is 1. The van der Waals surface area contributed by atoms with Gasteiger partial charge in [-0.1, -0.05) is 37.6 Å². The fraction of sp³-hybridized carbons (Fsp3) is 0.261. The van der Waals surface area contributed by atoms with Crippen LogP contribution in [0.2, 0.25) is 5.02 Å². The van der Waals surface area contributed by atoms with Gasteiger partial charge in [-0.05, 0) is 48.7 Å². The molecule has 3 aromatic heterocycles. The van der Waals surface area contributed by atoms with Crippen molar-refractivity contribution in [3.8, 4) is 11.5 Å². The summed E-state index contributed by atoms with van der Waals surface area (Å²) in [5.41, 5.74) is 3.51. The van der Waals surface area contributed by atoms with Gasteiger partial charge in [-0.3, -0.25) is 9.48 Å². The van der Waals surface area contributed by atoms with Gasteiger partial charge < -0.3 is 9.73 Å². The number of carbonyl (C=O) groups is 1. The molecule has 1 amide bonds. The second-order valence-electron chi connectivity index (χ2n) is 7.69. The molecule has 30 heavy (non-hydrogen) atoms. The molecule has 6 nitrogen and oxygen atoms in total. The van der Waals surface area contributed by atoms with Crippen molar-refractivity contribution in [1.29, 1.82) is 0 Å². The normalized spacial score (nSPS) is 12.5. The molecule has 0 bridgehead atoms. The van der Waals surface area contributed by atoms with E-state index in [0.29, 0.717) is 27.7 Å². The summed E-state index contributed by atoms with van der Waals surface area (Å²) in [7, 11) is 1.82. The molecule has 3 heterocycles. The highest BCUT2D eigenvalue weighted by Crippen LogP contribution is 2.29. The average Bonchev–Trinajstić information content (AvgIpc) is 3.35. The Morgan fingerprint density at radius 1 is 1.20 bits per heavy atom. The van der Waals surface area contributed by atoms with Crippen LogP contribution in [0.15, 0.2) is 53.1 Å². The van der Waals surface area contributed by atoms with Crippen LogP contribution in [0, 0.1) is 12.8 Å². The molecule has 1 aromatic carbocycles. The third kappa shape index (κ3) is 3.71. The van der Waals surface area contributed by atoms with Crippen molar-refractivity contribution in [2.24, 2.45) is 13.0 Å². The van der Waals surface area contributed by atoms with Crippen LogP contribution >= 0.6 is 11.6 Å². The zero-order valence-corrected chi connectivity index (χ0v) is 18.1. The Labute approximate surface area is 179 Å². The first-order valence-corrected chi connectivity index (χ1v) is 10.2. The van der Waals surface area contributed by atoms with Crippen molar-refractivity contribution in [3.63, 3.8) is 0 Å². The van der Waals surface area contributed by atoms with Crippen molar-refractivity contribution >= 4 is 28.5 Å². The highest BCUT2D eigenvalue weighted by molar-refractivity contribution is 6.30. The molecular formula is C23H23ClN4O2. The number of amides is 1. The van der Waals surface area contributed by atoms with E-state index in [1.165, 1.54) is 0 Å². The van der Waals surface area contributed by atoms with E-state index in [-0.39, 0.29) is 17.9 Å². The molecule has 1 unspecified atom stereocenters. The first-order valence-electron chi connectivity index (χ1n) is 9.79. The van der Waals surface area contributed by atoms with Crippen molar-refractivity contribution < 1.29 is 9.21 Å². The maximum Gasteiger partial charge on any atom is 0.252 e. The highest BCUT2D eigenvalue weighted by Gasteiger charge is 2.24. The Kier molecular flexibility index (Phi) is 5.35. The van der Waals surface area contributed by atoms with Crippen LogP contribution < -0.4 is 5.32 Å². The van der Waals surface area contributed by atoms with Gasteiger partial charge in [0.1, 0.15) is 5.69 Å². The Balaban J connectivity index is 1.79. The number of fused-ring (bicyclic) bond motifs is 1. The molecule has 0 aliphatic carbocycles. The predicted molar refractivity (Wildman–Crippen MR) is 117 cm³/mol. The molecular weight excluding hydrogens is 400 g/mol. The first-order chi connectivity index (χ1) is 14.3. The number of aromatic nitrogens is 3. The number of carbonyl (C=O) groups excluding carboxylic acids is 1. The average molecular weight is 423 g/mol. The number of nitrogens with zero attached hydrogens (tertiary/aromatic N) is 3. The molecule has 1 atom stereocenters. The van der Waals surface area contributed by atoms with E-state index in [2.05, 4.69) is 29.2 Å². The summed E-state index contributed by atoms with van der Waals surface area (Å²) >= 11 is 6.04. The third-order valence-electron chi connectivity index (χ3n) is 5.17. The van der Waals surface area contributed by atoms with Crippen LogP contribution in [0.1, 0.15) is 41.5 Å². The lowest BCUT2D eigenvalue weighted by Crippen LogP contribution is -2.32. The molecule has 0 spiro atoms. The summed E-state index contributed by atoms with van der Waals surface area (Å²) in [4.78, 5) is 18.1. The van der Waals surface area contributed by atoms with Crippen molar-refractivity contribution in [1.82, 2.24) is 20.1 Å². The van der Waals surface area contributed by atoms with Gasteiger partial charge in [0, 0.05) is 12.1 Å². The molecule has 1 N–H and O–H groups in total. The second kappa shape index (κ2) is 7.95. The van der Waals surface area contributed by atoms with Gasteiger partial charge in [0.2, 0.25) is 0 Å². The Bertz CT molecular complexity index is 1190. The molecule has 7 heteroatoms. The number of benzene rings is 1. The smallest absolute Gasteiger partial charge is 0.252 e. The fourth-order valence-electron chi connectivity index (χ4n) is 3.70. The van der Waals surface area contributed by atoms with Crippen LogP contribution in [-0.4, -0.2) is 20.7 Å². The van der Waals surface area contributed by atoms with Gasteiger partial charge in [-0.2, -0.15) is 5.10 Å². The minimum atomic E-state index is -0.181. The van der Waals surface area contributed by atoms with Crippen LogP contribution in [0.4, 0.5) is 0 Å². The fourth-order valence-corrected chi connectivity index (χ4v) is 3.82. The number of aryl methyl sites for hydroxylation is 2. The summed E-state index contributed by atoms with van der Waals surface area (Å²) < 4.78 is 7.20. The van der Waals surface area contributed by atoms with E-state index >= 15 is 0 Å². The quantitative estimate of drug-likeness (QED) is 0.472. The Morgan fingerprint density at radius 3 is 2.57 bits per heavy atom. The van der Waals surface area contributed by atoms with E-state index < -0.39 is 0 Å². The lowest BCUT2D eigenvalue weighted by molar-refractivity contribution is 0.0927. The van der Waals surface area contributed by atoms with Gasteiger partial charge in [-0.25, -0.2) is 4.98 Å². The minimum absolute atomic E-state index is 0.165. The maximum absolute atomic E-state index is 13.5. The lowest BCUT2D eigenvalue weighted by Gasteiger charge is -2.23. The van der Waals surface area contributed by atoms with Gasteiger partial charge in [-0.15, -0.1) is 0 Å². The number of furan rings is 1. The minimum Gasteiger partial charge on any atom is -0.463 e. The Morgan fingerprint density at radius 2 is 1.93 bits per heavy atom. The third-order valence-corrected chi connectivity index (χ3v) is 5.42. The number of rotatable bonds is 5. The number of halogens is 1. The topological polar surface area (TPSA) is 73.0 Å². The van der Waals surface area contributed by atoms with Crippen molar-refractivity contribution in [3.05, 3.63) is 70.6 Å². The summed E-state index contributed by atoms with van der Waals surface area (Å²) in [6.45, 7) is 6.03. The Hall–Kier alpha value is -3.12. The van der Waals surface area contributed by atoms with Crippen LogP contribution in [0.25, 0.3) is 22.5 Å². The molecule has 0 fully saturated rings. The number of hydrogen-bond donors (Lipinski definition) is 1. The zero-order valence-electron chi connectivity index (χ0n) is 17.3. The lowest BCUT2D eigenvalue weighted by atomic mass is 9.95. The van der Waals surface area contributed by atoms with E-state index in [4.69, 9.17) is 16.0 Å². The van der Waals surface area contributed by atoms with E-state index in [1.807, 2.05) is 44.3 Å². The monoisotopic (exact) mass is 422 g/mol. The van der Waals surface area contributed by atoms with E-state index in [0.717, 1.165) is 16.6 Å².